The van der Waals surface area contributed by atoms with E-state index in [2.05, 4.69) is 35.1 Å². The number of hydrogen-bond donors (Lipinski definition) is 5. The van der Waals surface area contributed by atoms with Gasteiger partial charge in [0.1, 0.15) is 11.4 Å². The summed E-state index contributed by atoms with van der Waals surface area (Å²) >= 11 is 0. The van der Waals surface area contributed by atoms with Gasteiger partial charge in [-0.15, -0.1) is 0 Å². The Morgan fingerprint density at radius 1 is 0.926 bits per heavy atom. The van der Waals surface area contributed by atoms with Crippen LogP contribution in [0, 0.1) is 5.92 Å². The van der Waals surface area contributed by atoms with Gasteiger partial charge < -0.3 is 27.0 Å². The maximum atomic E-state index is 12.0. The first-order chi connectivity index (χ1) is 12.8. The maximum Gasteiger partial charge on any atom is 0.253 e. The van der Waals surface area contributed by atoms with Crippen molar-refractivity contribution in [2.45, 2.75) is 59.0 Å². The molecule has 0 saturated carbocycles. The zero-order valence-electron chi connectivity index (χ0n) is 17.0. The minimum absolute atomic E-state index is 0.153. The molecule has 1 aromatic carbocycles. The van der Waals surface area contributed by atoms with E-state index in [1.807, 2.05) is 13.8 Å². The summed E-state index contributed by atoms with van der Waals surface area (Å²) in [5.74, 6) is 0.486. The summed E-state index contributed by atoms with van der Waals surface area (Å²) in [6, 6.07) is -0.292. The van der Waals surface area contributed by atoms with Gasteiger partial charge in [-0.25, -0.2) is 0 Å². The number of nitrogens with one attached hydrogen (secondary N) is 4. The fourth-order valence-electron chi connectivity index (χ4n) is 2.77. The van der Waals surface area contributed by atoms with Crippen molar-refractivity contribution in [2.75, 3.05) is 36.8 Å². The molecule has 0 bridgehead atoms. The Hall–Kier alpha value is -1.93. The van der Waals surface area contributed by atoms with Crippen LogP contribution < -0.4 is 37.9 Å². The van der Waals surface area contributed by atoms with Gasteiger partial charge in [0.2, 0.25) is 5.91 Å². The summed E-state index contributed by atoms with van der Waals surface area (Å²) in [5, 5.41) is 11.9. The number of unbranched alkanes of at least 4 members (excludes halogenated alkanes) is 1. The van der Waals surface area contributed by atoms with Crippen LogP contribution in [0.1, 0.15) is 47.0 Å². The van der Waals surface area contributed by atoms with Gasteiger partial charge in [0.05, 0.1) is 6.04 Å². The molecule has 8 heteroatoms. The second-order valence-corrected chi connectivity index (χ2v) is 7.55. The first-order valence-electron chi connectivity index (χ1n) is 9.82. The van der Waals surface area contributed by atoms with E-state index in [1.54, 1.807) is 0 Å². The number of anilines is 2. The Morgan fingerprint density at radius 2 is 1.52 bits per heavy atom. The largest absolute Gasteiger partial charge is 0.380 e. The van der Waals surface area contributed by atoms with Gasteiger partial charge in [-0.3, -0.25) is 14.4 Å². The molecule has 1 amide bonds. The second-order valence-electron chi connectivity index (χ2n) is 7.55. The monoisotopic (exact) mass is 381 g/mol. The molecule has 1 rings (SSSR count). The number of rotatable bonds is 14. The molecule has 27 heavy (non-hydrogen) atoms. The molecule has 0 heterocycles. The molecule has 0 aromatic heterocycles. The number of carbonyl (C=O) groups is 1. The maximum absolute atomic E-state index is 12.0. The van der Waals surface area contributed by atoms with Crippen LogP contribution in [0.2, 0.25) is 0 Å². The van der Waals surface area contributed by atoms with Gasteiger partial charge in [-0.1, -0.05) is 40.5 Å². The van der Waals surface area contributed by atoms with Gasteiger partial charge in [-0.05, 0) is 12.3 Å². The summed E-state index contributed by atoms with van der Waals surface area (Å²) < 4.78 is 0. The highest BCUT2D eigenvalue weighted by atomic mass is 16.2. The SMILES string of the molecule is CC(C)CCCCNc1c(NCCNC(=O)[C@@H](CN)NC(C)C)c(=O)c1=O. The lowest BCUT2D eigenvalue weighted by molar-refractivity contribution is -0.123. The van der Waals surface area contributed by atoms with Gasteiger partial charge in [0.25, 0.3) is 10.9 Å². The van der Waals surface area contributed by atoms with Crippen LogP contribution >= 0.6 is 0 Å². The summed E-state index contributed by atoms with van der Waals surface area (Å²) in [6.07, 6.45) is 3.19. The molecule has 0 unspecified atom stereocenters. The third-order valence-electron chi connectivity index (χ3n) is 4.23. The van der Waals surface area contributed by atoms with E-state index in [1.165, 1.54) is 0 Å². The summed E-state index contributed by atoms with van der Waals surface area (Å²) in [4.78, 5) is 35.5. The lowest BCUT2D eigenvalue weighted by atomic mass is 10.1. The molecule has 1 atom stereocenters. The van der Waals surface area contributed by atoms with E-state index < -0.39 is 16.9 Å². The van der Waals surface area contributed by atoms with E-state index >= 15 is 0 Å². The molecule has 0 radical (unpaired) electrons. The Balaban J connectivity index is 2.36. The molecule has 8 nitrogen and oxygen atoms in total. The van der Waals surface area contributed by atoms with Crippen LogP contribution in [-0.4, -0.2) is 44.2 Å². The predicted octanol–water partition coefficient (Wildman–Crippen LogP) is 0.374. The zero-order valence-corrected chi connectivity index (χ0v) is 17.0. The fraction of sp³-hybridized carbons (Fsp3) is 0.737. The Kier molecular flexibility index (Phi) is 10.0. The molecule has 154 valence electrons. The lowest BCUT2D eigenvalue weighted by Crippen LogP contribution is -2.51. The van der Waals surface area contributed by atoms with Crippen LogP contribution in [0.25, 0.3) is 0 Å². The summed E-state index contributed by atoms with van der Waals surface area (Å²) in [6.45, 7) is 9.82. The number of carbonyl (C=O) groups excluding carboxylic acids is 1. The first-order valence-corrected chi connectivity index (χ1v) is 9.82. The molecule has 0 saturated heterocycles. The molecule has 1 aromatic rings. The number of hydrogen-bond acceptors (Lipinski definition) is 7. The lowest BCUT2D eigenvalue weighted by Gasteiger charge is -2.19. The van der Waals surface area contributed by atoms with Crippen LogP contribution in [0.5, 0.6) is 0 Å². The average molecular weight is 382 g/mol. The van der Waals surface area contributed by atoms with Crippen LogP contribution in [0.4, 0.5) is 11.4 Å². The van der Waals surface area contributed by atoms with Crippen molar-refractivity contribution in [3.63, 3.8) is 0 Å². The predicted molar refractivity (Wildman–Crippen MR) is 111 cm³/mol. The van der Waals surface area contributed by atoms with E-state index in [0.717, 1.165) is 19.3 Å². The Bertz CT molecular complexity index is 650. The van der Waals surface area contributed by atoms with Crippen LogP contribution in [-0.2, 0) is 4.79 Å². The normalized spacial score (nSPS) is 12.6. The summed E-state index contributed by atoms with van der Waals surface area (Å²) in [5.41, 5.74) is 5.29. The van der Waals surface area contributed by atoms with Gasteiger partial charge in [-0.2, -0.15) is 0 Å². The summed E-state index contributed by atoms with van der Waals surface area (Å²) in [7, 11) is 0. The van der Waals surface area contributed by atoms with Crippen molar-refractivity contribution in [2.24, 2.45) is 11.7 Å². The van der Waals surface area contributed by atoms with Crippen LogP contribution in [0.15, 0.2) is 9.59 Å². The molecular formula is C19H35N5O3. The van der Waals surface area contributed by atoms with Crippen molar-refractivity contribution < 1.29 is 4.79 Å². The van der Waals surface area contributed by atoms with Gasteiger partial charge in [0.15, 0.2) is 0 Å². The van der Waals surface area contributed by atoms with Crippen molar-refractivity contribution in [1.29, 1.82) is 0 Å². The van der Waals surface area contributed by atoms with E-state index in [0.29, 0.717) is 36.9 Å². The van der Waals surface area contributed by atoms with E-state index in [4.69, 9.17) is 5.73 Å². The fourth-order valence-corrected chi connectivity index (χ4v) is 2.77. The van der Waals surface area contributed by atoms with Crippen molar-refractivity contribution in [3.8, 4) is 0 Å². The average Bonchev–Trinajstić information content (AvgIpc) is 2.62. The topological polar surface area (TPSA) is 125 Å². The third kappa shape index (κ3) is 7.68. The van der Waals surface area contributed by atoms with Crippen molar-refractivity contribution in [1.82, 2.24) is 10.6 Å². The molecular weight excluding hydrogens is 346 g/mol. The number of nitrogens with two attached hydrogens (primary N) is 1. The van der Waals surface area contributed by atoms with Crippen molar-refractivity contribution >= 4 is 17.3 Å². The highest BCUT2D eigenvalue weighted by Gasteiger charge is 2.20. The molecule has 6 N–H and O–H groups in total. The van der Waals surface area contributed by atoms with Crippen LogP contribution in [0.3, 0.4) is 0 Å². The highest BCUT2D eigenvalue weighted by molar-refractivity contribution is 5.82. The van der Waals surface area contributed by atoms with Gasteiger partial charge in [0, 0.05) is 32.2 Å². The smallest absolute Gasteiger partial charge is 0.253 e. The van der Waals surface area contributed by atoms with E-state index in [9.17, 15) is 14.4 Å². The van der Waals surface area contributed by atoms with E-state index in [-0.39, 0.29) is 18.5 Å². The van der Waals surface area contributed by atoms with Gasteiger partial charge >= 0.3 is 0 Å². The molecule has 0 fully saturated rings. The third-order valence-corrected chi connectivity index (χ3v) is 4.23. The highest BCUT2D eigenvalue weighted by Crippen LogP contribution is 2.14. The second kappa shape index (κ2) is 11.7. The zero-order chi connectivity index (χ0) is 20.4. The molecule has 0 aliphatic rings. The molecule has 0 spiro atoms. The Labute approximate surface area is 161 Å². The minimum atomic E-state index is -0.507. The number of amides is 1. The van der Waals surface area contributed by atoms with Crippen molar-refractivity contribution in [3.05, 3.63) is 20.4 Å². The Morgan fingerprint density at radius 3 is 2.04 bits per heavy atom. The standard InChI is InChI=1S/C19H35N5O3/c1-12(2)7-5-6-8-21-15-16(18(26)17(15)25)22-9-10-23-19(27)14(11-20)24-13(3)4/h12-14,21-22,24H,5-11,20H2,1-4H3,(H,23,27)/t14-/m1/s1. The molecule has 0 aliphatic carbocycles. The quantitative estimate of drug-likeness (QED) is 0.233. The minimum Gasteiger partial charge on any atom is -0.380 e. The first kappa shape index (κ1) is 23.1. The molecule has 0 aliphatic heterocycles.